The van der Waals surface area contributed by atoms with Gasteiger partial charge in [-0.1, -0.05) is 0 Å². The van der Waals surface area contributed by atoms with E-state index in [0.29, 0.717) is 5.82 Å². The van der Waals surface area contributed by atoms with Gasteiger partial charge in [0.1, 0.15) is 0 Å². The molecular weight excluding hydrogens is 208 g/mol. The average Bonchev–Trinajstić information content (AvgIpc) is 2.77. The summed E-state index contributed by atoms with van der Waals surface area (Å²) in [5, 5.41) is 16.9. The number of hydrogen-bond acceptors (Lipinski definition) is 5. The summed E-state index contributed by atoms with van der Waals surface area (Å²) in [7, 11) is 0. The highest BCUT2D eigenvalue weighted by Crippen LogP contribution is 2.22. The highest BCUT2D eigenvalue weighted by atomic mass is 16.3. The number of primary amides is 1. The van der Waals surface area contributed by atoms with Gasteiger partial charge in [-0.05, 0) is 25.0 Å². The highest BCUT2D eigenvalue weighted by Gasteiger charge is 2.25. The average molecular weight is 222 g/mol. The van der Waals surface area contributed by atoms with Crippen LogP contribution in [0.25, 0.3) is 0 Å². The number of nitrogens with two attached hydrogens (primary N) is 1. The fourth-order valence-electron chi connectivity index (χ4n) is 1.94. The molecule has 1 aromatic heterocycles. The quantitative estimate of drug-likeness (QED) is 0.721. The van der Waals surface area contributed by atoms with Crippen LogP contribution in [0.15, 0.2) is 12.1 Å². The molecule has 0 spiro atoms. The summed E-state index contributed by atoms with van der Waals surface area (Å²) in [5.41, 5.74) is 5.23. The van der Waals surface area contributed by atoms with Crippen LogP contribution in [0, 0.1) is 0 Å². The Morgan fingerprint density at radius 1 is 1.56 bits per heavy atom. The lowest BCUT2D eigenvalue weighted by Gasteiger charge is -2.23. The van der Waals surface area contributed by atoms with Gasteiger partial charge in [-0.25, -0.2) is 0 Å². The molecule has 6 nitrogen and oxygen atoms in total. The molecule has 1 aliphatic heterocycles. The minimum atomic E-state index is -0.584. The first kappa shape index (κ1) is 10.8. The molecule has 0 radical (unpaired) electrons. The van der Waals surface area contributed by atoms with E-state index >= 15 is 0 Å². The standard InChI is InChI=1S/C10H14N4O2/c11-10(16)8-3-4-9(13-12-8)14-5-1-2-7(14)6-15/h3-4,7,15H,1-2,5-6H2,(H2,11,16). The lowest BCUT2D eigenvalue weighted by Crippen LogP contribution is -2.33. The van der Waals surface area contributed by atoms with Crippen LogP contribution < -0.4 is 10.6 Å². The predicted octanol–water partition coefficient (Wildman–Crippen LogP) is -0.463. The summed E-state index contributed by atoms with van der Waals surface area (Å²) in [4.78, 5) is 12.8. The minimum absolute atomic E-state index is 0.105. The highest BCUT2D eigenvalue weighted by molar-refractivity contribution is 5.90. The van der Waals surface area contributed by atoms with Crippen molar-refractivity contribution in [1.82, 2.24) is 10.2 Å². The maximum absolute atomic E-state index is 10.8. The van der Waals surface area contributed by atoms with E-state index < -0.39 is 5.91 Å². The van der Waals surface area contributed by atoms with E-state index in [-0.39, 0.29) is 18.3 Å². The summed E-state index contributed by atoms with van der Waals surface area (Å²) in [6, 6.07) is 3.37. The molecule has 16 heavy (non-hydrogen) atoms. The van der Waals surface area contributed by atoms with Gasteiger partial charge in [-0.15, -0.1) is 10.2 Å². The summed E-state index contributed by atoms with van der Waals surface area (Å²) in [5.74, 6) is 0.0979. The van der Waals surface area contributed by atoms with Gasteiger partial charge >= 0.3 is 0 Å². The van der Waals surface area contributed by atoms with Gasteiger partial charge in [0.05, 0.1) is 12.6 Å². The van der Waals surface area contributed by atoms with Gasteiger partial charge in [-0.2, -0.15) is 0 Å². The molecule has 3 N–H and O–H groups in total. The Morgan fingerprint density at radius 3 is 2.94 bits per heavy atom. The Kier molecular flexibility index (Phi) is 3.00. The molecule has 1 fully saturated rings. The van der Waals surface area contributed by atoms with Crippen LogP contribution in [0.3, 0.4) is 0 Å². The van der Waals surface area contributed by atoms with Crippen molar-refractivity contribution < 1.29 is 9.90 Å². The van der Waals surface area contributed by atoms with Gasteiger partial charge in [0.25, 0.3) is 5.91 Å². The normalized spacial score (nSPS) is 20.1. The SMILES string of the molecule is NC(=O)c1ccc(N2CCCC2CO)nn1. The summed E-state index contributed by atoms with van der Waals surface area (Å²) in [6.07, 6.45) is 1.99. The Labute approximate surface area is 93.1 Å². The zero-order valence-electron chi connectivity index (χ0n) is 8.83. The molecule has 2 heterocycles. The van der Waals surface area contributed by atoms with Crippen LogP contribution in [-0.4, -0.2) is 40.4 Å². The van der Waals surface area contributed by atoms with Gasteiger partial charge in [0, 0.05) is 6.54 Å². The number of aliphatic hydroxyl groups excluding tert-OH is 1. The Balaban J connectivity index is 2.18. The van der Waals surface area contributed by atoms with E-state index in [1.54, 1.807) is 12.1 Å². The maximum Gasteiger partial charge on any atom is 0.269 e. The van der Waals surface area contributed by atoms with Gasteiger partial charge in [-0.3, -0.25) is 4.79 Å². The largest absolute Gasteiger partial charge is 0.394 e. The number of hydrogen-bond donors (Lipinski definition) is 2. The Morgan fingerprint density at radius 2 is 2.38 bits per heavy atom. The van der Waals surface area contributed by atoms with Crippen molar-refractivity contribution >= 4 is 11.7 Å². The second-order valence-electron chi connectivity index (χ2n) is 3.81. The van der Waals surface area contributed by atoms with Gasteiger partial charge in [0.2, 0.25) is 0 Å². The van der Waals surface area contributed by atoms with E-state index in [4.69, 9.17) is 5.73 Å². The molecule has 0 saturated carbocycles. The predicted molar refractivity (Wildman–Crippen MR) is 58.0 cm³/mol. The molecule has 0 aromatic carbocycles. The molecule has 2 rings (SSSR count). The smallest absolute Gasteiger partial charge is 0.269 e. The van der Waals surface area contributed by atoms with Crippen LogP contribution in [0.5, 0.6) is 0 Å². The van der Waals surface area contributed by atoms with Crippen LogP contribution >= 0.6 is 0 Å². The van der Waals surface area contributed by atoms with Crippen molar-refractivity contribution in [2.45, 2.75) is 18.9 Å². The molecule has 1 saturated heterocycles. The van der Waals surface area contributed by atoms with Gasteiger partial charge < -0.3 is 15.7 Å². The van der Waals surface area contributed by atoms with Crippen molar-refractivity contribution in [3.05, 3.63) is 17.8 Å². The van der Waals surface area contributed by atoms with E-state index in [0.717, 1.165) is 19.4 Å². The van der Waals surface area contributed by atoms with Crippen LogP contribution in [-0.2, 0) is 0 Å². The maximum atomic E-state index is 10.8. The first-order valence-electron chi connectivity index (χ1n) is 5.23. The number of carbonyl (C=O) groups excluding carboxylic acids is 1. The fraction of sp³-hybridized carbons (Fsp3) is 0.500. The lowest BCUT2D eigenvalue weighted by atomic mass is 10.2. The van der Waals surface area contributed by atoms with Crippen LogP contribution in [0.2, 0.25) is 0 Å². The van der Waals surface area contributed by atoms with Crippen LogP contribution in [0.1, 0.15) is 23.3 Å². The number of anilines is 1. The second-order valence-corrected chi connectivity index (χ2v) is 3.81. The molecule has 1 atom stereocenters. The first-order valence-corrected chi connectivity index (χ1v) is 5.23. The molecule has 0 aliphatic carbocycles. The van der Waals surface area contributed by atoms with E-state index in [1.165, 1.54) is 0 Å². The monoisotopic (exact) mass is 222 g/mol. The molecule has 0 bridgehead atoms. The zero-order chi connectivity index (χ0) is 11.5. The third-order valence-electron chi connectivity index (χ3n) is 2.79. The Hall–Kier alpha value is -1.69. The molecule has 1 unspecified atom stereocenters. The third-order valence-corrected chi connectivity index (χ3v) is 2.79. The topological polar surface area (TPSA) is 92.3 Å². The number of rotatable bonds is 3. The van der Waals surface area contributed by atoms with Crippen LogP contribution in [0.4, 0.5) is 5.82 Å². The molecule has 86 valence electrons. The number of amides is 1. The lowest BCUT2D eigenvalue weighted by molar-refractivity contribution is 0.0994. The number of carbonyl (C=O) groups is 1. The first-order chi connectivity index (χ1) is 7.72. The fourth-order valence-corrected chi connectivity index (χ4v) is 1.94. The molecule has 1 aliphatic rings. The number of nitrogens with zero attached hydrogens (tertiary/aromatic N) is 3. The summed E-state index contributed by atoms with van der Waals surface area (Å²) < 4.78 is 0. The van der Waals surface area contributed by atoms with E-state index in [9.17, 15) is 9.90 Å². The van der Waals surface area contributed by atoms with E-state index in [1.807, 2.05) is 4.90 Å². The second kappa shape index (κ2) is 4.44. The van der Waals surface area contributed by atoms with Crippen molar-refractivity contribution in [2.75, 3.05) is 18.1 Å². The van der Waals surface area contributed by atoms with Crippen molar-refractivity contribution in [1.29, 1.82) is 0 Å². The van der Waals surface area contributed by atoms with Gasteiger partial charge in [0.15, 0.2) is 11.5 Å². The molecule has 1 amide bonds. The van der Waals surface area contributed by atoms with Crippen molar-refractivity contribution in [3.8, 4) is 0 Å². The zero-order valence-corrected chi connectivity index (χ0v) is 8.83. The van der Waals surface area contributed by atoms with Crippen molar-refractivity contribution in [2.24, 2.45) is 5.73 Å². The Bertz CT molecular complexity index is 379. The summed E-state index contributed by atoms with van der Waals surface area (Å²) >= 11 is 0. The molecular formula is C10H14N4O2. The molecule has 1 aromatic rings. The van der Waals surface area contributed by atoms with E-state index in [2.05, 4.69) is 10.2 Å². The summed E-state index contributed by atoms with van der Waals surface area (Å²) in [6.45, 7) is 0.967. The molecule has 6 heteroatoms. The number of aliphatic hydroxyl groups is 1. The minimum Gasteiger partial charge on any atom is -0.394 e. The third kappa shape index (κ3) is 1.96. The van der Waals surface area contributed by atoms with Crippen molar-refractivity contribution in [3.63, 3.8) is 0 Å². The number of aromatic nitrogens is 2.